The molecule has 22 heavy (non-hydrogen) atoms. The third-order valence-electron chi connectivity index (χ3n) is 3.52. The third-order valence-corrected chi connectivity index (χ3v) is 3.52. The first-order chi connectivity index (χ1) is 10.3. The van der Waals surface area contributed by atoms with E-state index in [9.17, 15) is 14.4 Å². The number of methoxy groups -OCH3 is 1. The van der Waals surface area contributed by atoms with Crippen molar-refractivity contribution < 1.29 is 24.2 Å². The van der Waals surface area contributed by atoms with Crippen LogP contribution in [0.3, 0.4) is 0 Å². The summed E-state index contributed by atoms with van der Waals surface area (Å²) in [6.45, 7) is 3.86. The topological polar surface area (TPSA) is 92.7 Å². The molecule has 1 atom stereocenters. The molecule has 0 unspecified atom stereocenters. The molecular weight excluding hydrogens is 286 g/mol. The molecule has 0 aromatic heterocycles. The highest BCUT2D eigenvalue weighted by Crippen LogP contribution is 2.23. The monoisotopic (exact) mass is 307 g/mol. The first kappa shape index (κ1) is 17.7. The SMILES string of the molecule is COC(=O)C[C@H](NC(=O)CCC(=O)O)c1cccc(C)c1C. The lowest BCUT2D eigenvalue weighted by atomic mass is 9.95. The molecule has 6 nitrogen and oxygen atoms in total. The maximum Gasteiger partial charge on any atom is 0.307 e. The third kappa shape index (κ3) is 5.20. The summed E-state index contributed by atoms with van der Waals surface area (Å²) >= 11 is 0. The van der Waals surface area contributed by atoms with E-state index in [4.69, 9.17) is 5.11 Å². The number of amides is 1. The highest BCUT2D eigenvalue weighted by Gasteiger charge is 2.21. The highest BCUT2D eigenvalue weighted by atomic mass is 16.5. The standard InChI is InChI=1S/C16H21NO5/c1-10-5-4-6-12(11(10)2)13(9-16(21)22-3)17-14(18)7-8-15(19)20/h4-6,13H,7-9H2,1-3H3,(H,17,18)(H,19,20)/t13-/m0/s1. The summed E-state index contributed by atoms with van der Waals surface area (Å²) in [5.41, 5.74) is 2.86. The summed E-state index contributed by atoms with van der Waals surface area (Å²) in [6.07, 6.45) is -0.374. The number of carbonyl (C=O) groups is 3. The molecule has 120 valence electrons. The zero-order valence-electron chi connectivity index (χ0n) is 13.0. The summed E-state index contributed by atoms with van der Waals surface area (Å²) in [5, 5.41) is 11.3. The van der Waals surface area contributed by atoms with E-state index in [-0.39, 0.29) is 19.3 Å². The van der Waals surface area contributed by atoms with E-state index >= 15 is 0 Å². The molecule has 6 heteroatoms. The molecule has 1 amide bonds. The van der Waals surface area contributed by atoms with Gasteiger partial charge in [-0.05, 0) is 30.5 Å². The number of carboxylic acids is 1. The molecule has 0 spiro atoms. The second kappa shape index (κ2) is 8.17. The van der Waals surface area contributed by atoms with Crippen LogP contribution in [-0.4, -0.2) is 30.1 Å². The lowest BCUT2D eigenvalue weighted by molar-refractivity contribution is -0.142. The van der Waals surface area contributed by atoms with E-state index in [1.54, 1.807) is 0 Å². The van der Waals surface area contributed by atoms with Crippen LogP contribution in [0.25, 0.3) is 0 Å². The van der Waals surface area contributed by atoms with Crippen molar-refractivity contribution in [2.24, 2.45) is 0 Å². The lowest BCUT2D eigenvalue weighted by Gasteiger charge is -2.21. The van der Waals surface area contributed by atoms with Crippen LogP contribution < -0.4 is 5.32 Å². The smallest absolute Gasteiger partial charge is 0.307 e. The van der Waals surface area contributed by atoms with Gasteiger partial charge in [0, 0.05) is 6.42 Å². The Morgan fingerprint density at radius 3 is 2.50 bits per heavy atom. The number of aryl methyl sites for hydroxylation is 1. The minimum Gasteiger partial charge on any atom is -0.481 e. The van der Waals surface area contributed by atoms with Gasteiger partial charge in [-0.15, -0.1) is 0 Å². The molecule has 0 aliphatic heterocycles. The molecule has 0 radical (unpaired) electrons. The van der Waals surface area contributed by atoms with Crippen LogP contribution >= 0.6 is 0 Å². The molecule has 0 heterocycles. The van der Waals surface area contributed by atoms with Crippen LogP contribution in [0, 0.1) is 13.8 Å². The van der Waals surface area contributed by atoms with Crippen LogP contribution in [0.5, 0.6) is 0 Å². The number of esters is 1. The van der Waals surface area contributed by atoms with Gasteiger partial charge in [0.25, 0.3) is 0 Å². The predicted octanol–water partition coefficient (Wildman–Crippen LogP) is 1.89. The van der Waals surface area contributed by atoms with Crippen molar-refractivity contribution in [3.8, 4) is 0 Å². The van der Waals surface area contributed by atoms with Crippen LogP contribution in [0.2, 0.25) is 0 Å². The van der Waals surface area contributed by atoms with E-state index in [0.717, 1.165) is 16.7 Å². The van der Waals surface area contributed by atoms with Gasteiger partial charge < -0.3 is 15.2 Å². The van der Waals surface area contributed by atoms with Crippen molar-refractivity contribution in [2.75, 3.05) is 7.11 Å². The maximum absolute atomic E-state index is 11.9. The Balaban J connectivity index is 2.93. The fraction of sp³-hybridized carbons (Fsp3) is 0.438. The molecule has 1 aromatic carbocycles. The zero-order valence-corrected chi connectivity index (χ0v) is 13.0. The van der Waals surface area contributed by atoms with Crippen molar-refractivity contribution in [3.05, 3.63) is 34.9 Å². The van der Waals surface area contributed by atoms with Crippen LogP contribution in [-0.2, 0) is 19.1 Å². The van der Waals surface area contributed by atoms with Crippen LogP contribution in [0.1, 0.15) is 42.0 Å². The van der Waals surface area contributed by atoms with Gasteiger partial charge in [0.1, 0.15) is 0 Å². The number of hydrogen-bond donors (Lipinski definition) is 2. The van der Waals surface area contributed by atoms with E-state index in [1.807, 2.05) is 32.0 Å². The van der Waals surface area contributed by atoms with Crippen molar-refractivity contribution in [1.29, 1.82) is 0 Å². The minimum absolute atomic E-state index is 0.000392. The summed E-state index contributed by atoms with van der Waals surface area (Å²) < 4.78 is 4.67. The first-order valence-corrected chi connectivity index (χ1v) is 6.99. The lowest BCUT2D eigenvalue weighted by Crippen LogP contribution is -2.31. The average molecular weight is 307 g/mol. The van der Waals surface area contributed by atoms with Gasteiger partial charge in [0.15, 0.2) is 0 Å². The molecular formula is C16H21NO5. The van der Waals surface area contributed by atoms with Crippen molar-refractivity contribution in [2.45, 2.75) is 39.2 Å². The van der Waals surface area contributed by atoms with Crippen molar-refractivity contribution in [1.82, 2.24) is 5.32 Å². The molecule has 1 aromatic rings. The van der Waals surface area contributed by atoms with E-state index < -0.39 is 23.9 Å². The number of ether oxygens (including phenoxy) is 1. The van der Waals surface area contributed by atoms with Gasteiger partial charge in [-0.1, -0.05) is 18.2 Å². The Bertz CT molecular complexity index is 568. The Morgan fingerprint density at radius 2 is 1.91 bits per heavy atom. The van der Waals surface area contributed by atoms with Gasteiger partial charge in [-0.3, -0.25) is 14.4 Å². The average Bonchev–Trinajstić information content (AvgIpc) is 2.47. The van der Waals surface area contributed by atoms with Gasteiger partial charge in [-0.25, -0.2) is 0 Å². The van der Waals surface area contributed by atoms with Gasteiger partial charge in [0.2, 0.25) is 5.91 Å². The molecule has 2 N–H and O–H groups in total. The number of carboxylic acid groups (broad SMARTS) is 1. The van der Waals surface area contributed by atoms with Crippen LogP contribution in [0.15, 0.2) is 18.2 Å². The van der Waals surface area contributed by atoms with Crippen molar-refractivity contribution in [3.63, 3.8) is 0 Å². The number of carbonyl (C=O) groups excluding carboxylic acids is 2. The molecule has 0 aliphatic rings. The second-order valence-corrected chi connectivity index (χ2v) is 5.08. The summed E-state index contributed by atoms with van der Waals surface area (Å²) in [5.74, 6) is -1.88. The Morgan fingerprint density at radius 1 is 1.23 bits per heavy atom. The molecule has 0 aliphatic carbocycles. The quantitative estimate of drug-likeness (QED) is 0.750. The Hall–Kier alpha value is -2.37. The maximum atomic E-state index is 11.9. The van der Waals surface area contributed by atoms with Gasteiger partial charge in [-0.2, -0.15) is 0 Å². The van der Waals surface area contributed by atoms with Crippen LogP contribution in [0.4, 0.5) is 0 Å². The summed E-state index contributed by atoms with van der Waals surface area (Å²) in [4.78, 5) is 34.0. The highest BCUT2D eigenvalue weighted by molar-refractivity contribution is 5.81. The molecule has 0 saturated carbocycles. The number of nitrogens with one attached hydrogen (secondary N) is 1. The fourth-order valence-corrected chi connectivity index (χ4v) is 2.13. The van der Waals surface area contributed by atoms with Gasteiger partial charge in [0.05, 0.1) is 26.0 Å². The van der Waals surface area contributed by atoms with E-state index in [0.29, 0.717) is 0 Å². The Kier molecular flexibility index (Phi) is 6.56. The normalized spacial score (nSPS) is 11.6. The van der Waals surface area contributed by atoms with Gasteiger partial charge >= 0.3 is 11.9 Å². The molecule has 0 fully saturated rings. The zero-order chi connectivity index (χ0) is 16.7. The predicted molar refractivity (Wildman–Crippen MR) is 80.3 cm³/mol. The fourth-order valence-electron chi connectivity index (χ4n) is 2.13. The second-order valence-electron chi connectivity index (χ2n) is 5.08. The summed E-state index contributed by atoms with van der Waals surface area (Å²) in [6, 6.07) is 5.10. The molecule has 0 saturated heterocycles. The number of benzene rings is 1. The number of hydrogen-bond acceptors (Lipinski definition) is 4. The van der Waals surface area contributed by atoms with E-state index in [1.165, 1.54) is 7.11 Å². The number of aliphatic carboxylic acids is 1. The molecule has 1 rings (SSSR count). The minimum atomic E-state index is -1.04. The van der Waals surface area contributed by atoms with Crippen molar-refractivity contribution >= 4 is 17.8 Å². The van der Waals surface area contributed by atoms with E-state index in [2.05, 4.69) is 10.1 Å². The Labute approximate surface area is 129 Å². The summed E-state index contributed by atoms with van der Waals surface area (Å²) in [7, 11) is 1.29. The molecule has 0 bridgehead atoms. The largest absolute Gasteiger partial charge is 0.481 e. The first-order valence-electron chi connectivity index (χ1n) is 6.99. The number of rotatable bonds is 7.